The van der Waals surface area contributed by atoms with Crippen LogP contribution in [0.15, 0.2) is 46.9 Å². The van der Waals surface area contributed by atoms with E-state index < -0.39 is 0 Å². The maximum Gasteiger partial charge on any atom is 0.124 e. The van der Waals surface area contributed by atoms with Crippen molar-refractivity contribution in [1.29, 1.82) is 5.26 Å². The second-order valence-corrected chi connectivity index (χ2v) is 5.08. The molecule has 2 aromatic rings. The van der Waals surface area contributed by atoms with E-state index in [4.69, 9.17) is 5.26 Å². The number of benzene rings is 2. The van der Waals surface area contributed by atoms with Crippen LogP contribution in [0, 0.1) is 17.1 Å². The van der Waals surface area contributed by atoms with Gasteiger partial charge in [-0.25, -0.2) is 4.39 Å². The minimum absolute atomic E-state index is 0.00363. The lowest BCUT2D eigenvalue weighted by Gasteiger charge is -2.17. The molecule has 0 amide bonds. The highest BCUT2D eigenvalue weighted by atomic mass is 79.9. The van der Waals surface area contributed by atoms with E-state index in [0.717, 1.165) is 15.7 Å². The number of rotatable bonds is 3. The minimum atomic E-state index is -0.269. The standard InChI is InChI=1S/C15H12BrFN2/c1-10(14-6-5-12(17)8-15(14)16)19-13-4-2-3-11(7-13)9-18/h2-8,10,19H,1H3. The Hall–Kier alpha value is -1.86. The van der Waals surface area contributed by atoms with Crippen molar-refractivity contribution < 1.29 is 4.39 Å². The molecular weight excluding hydrogens is 307 g/mol. The Morgan fingerprint density at radius 2 is 2.05 bits per heavy atom. The molecule has 4 heteroatoms. The Balaban J connectivity index is 2.20. The van der Waals surface area contributed by atoms with Gasteiger partial charge in [-0.2, -0.15) is 5.26 Å². The van der Waals surface area contributed by atoms with E-state index in [-0.39, 0.29) is 11.9 Å². The molecule has 96 valence electrons. The molecule has 0 bridgehead atoms. The van der Waals surface area contributed by atoms with Gasteiger partial charge in [0.15, 0.2) is 0 Å². The SMILES string of the molecule is CC(Nc1cccc(C#N)c1)c1ccc(F)cc1Br. The monoisotopic (exact) mass is 318 g/mol. The quantitative estimate of drug-likeness (QED) is 0.895. The third-order valence-corrected chi connectivity index (χ3v) is 3.49. The van der Waals surface area contributed by atoms with Gasteiger partial charge in [-0.15, -0.1) is 0 Å². The highest BCUT2D eigenvalue weighted by molar-refractivity contribution is 9.10. The first-order valence-corrected chi connectivity index (χ1v) is 6.61. The number of hydrogen-bond acceptors (Lipinski definition) is 2. The van der Waals surface area contributed by atoms with Gasteiger partial charge in [0.05, 0.1) is 11.6 Å². The summed E-state index contributed by atoms with van der Waals surface area (Å²) in [5.41, 5.74) is 2.43. The van der Waals surface area contributed by atoms with E-state index in [1.54, 1.807) is 18.2 Å². The Labute approximate surface area is 120 Å². The second kappa shape index (κ2) is 5.85. The normalized spacial score (nSPS) is 11.7. The maximum atomic E-state index is 13.1. The molecular formula is C15H12BrFN2. The number of nitrogens with zero attached hydrogens (tertiary/aromatic N) is 1. The van der Waals surface area contributed by atoms with Crippen molar-refractivity contribution in [2.45, 2.75) is 13.0 Å². The molecule has 0 heterocycles. The summed E-state index contributed by atoms with van der Waals surface area (Å²) in [7, 11) is 0. The zero-order valence-electron chi connectivity index (χ0n) is 10.3. The van der Waals surface area contributed by atoms with Crippen molar-refractivity contribution in [3.8, 4) is 6.07 Å². The predicted octanol–water partition coefficient (Wildman–Crippen LogP) is 4.63. The number of halogens is 2. The van der Waals surface area contributed by atoms with E-state index in [1.807, 2.05) is 19.1 Å². The zero-order valence-corrected chi connectivity index (χ0v) is 11.9. The lowest BCUT2D eigenvalue weighted by atomic mass is 10.1. The lowest BCUT2D eigenvalue weighted by Crippen LogP contribution is -2.07. The fourth-order valence-corrected chi connectivity index (χ4v) is 2.55. The molecule has 2 aromatic carbocycles. The number of nitrogens with one attached hydrogen (secondary N) is 1. The van der Waals surface area contributed by atoms with Gasteiger partial charge in [0.1, 0.15) is 5.82 Å². The average Bonchev–Trinajstić information content (AvgIpc) is 2.38. The van der Waals surface area contributed by atoms with E-state index in [1.165, 1.54) is 12.1 Å². The van der Waals surface area contributed by atoms with Crippen LogP contribution in [0.25, 0.3) is 0 Å². The molecule has 0 aliphatic rings. The Kier molecular flexibility index (Phi) is 4.18. The minimum Gasteiger partial charge on any atom is -0.378 e. The summed E-state index contributed by atoms with van der Waals surface area (Å²) >= 11 is 3.36. The van der Waals surface area contributed by atoms with Crippen molar-refractivity contribution in [2.24, 2.45) is 0 Å². The first kappa shape index (κ1) is 13.6. The summed E-state index contributed by atoms with van der Waals surface area (Å²) in [5.74, 6) is -0.269. The van der Waals surface area contributed by atoms with E-state index >= 15 is 0 Å². The highest BCUT2D eigenvalue weighted by Crippen LogP contribution is 2.27. The largest absolute Gasteiger partial charge is 0.378 e. The van der Waals surface area contributed by atoms with Gasteiger partial charge < -0.3 is 5.32 Å². The van der Waals surface area contributed by atoms with Gasteiger partial charge in [0.2, 0.25) is 0 Å². The molecule has 0 radical (unpaired) electrons. The Morgan fingerprint density at radius 1 is 1.26 bits per heavy atom. The van der Waals surface area contributed by atoms with E-state index in [2.05, 4.69) is 27.3 Å². The van der Waals surface area contributed by atoms with Crippen molar-refractivity contribution in [3.05, 3.63) is 63.9 Å². The van der Waals surface area contributed by atoms with Crippen LogP contribution in [0.2, 0.25) is 0 Å². The summed E-state index contributed by atoms with van der Waals surface area (Å²) in [5, 5.41) is 12.2. The topological polar surface area (TPSA) is 35.8 Å². The zero-order chi connectivity index (χ0) is 13.8. The number of anilines is 1. The molecule has 2 nitrogen and oxygen atoms in total. The second-order valence-electron chi connectivity index (χ2n) is 4.22. The van der Waals surface area contributed by atoms with Crippen molar-refractivity contribution >= 4 is 21.6 Å². The van der Waals surface area contributed by atoms with Crippen LogP contribution >= 0.6 is 15.9 Å². The molecule has 19 heavy (non-hydrogen) atoms. The van der Waals surface area contributed by atoms with Crippen LogP contribution in [0.1, 0.15) is 24.1 Å². The Bertz CT molecular complexity index is 634. The van der Waals surface area contributed by atoms with Gasteiger partial charge in [0, 0.05) is 16.2 Å². The van der Waals surface area contributed by atoms with Crippen LogP contribution in [0.4, 0.5) is 10.1 Å². The highest BCUT2D eigenvalue weighted by Gasteiger charge is 2.10. The van der Waals surface area contributed by atoms with Crippen molar-refractivity contribution in [3.63, 3.8) is 0 Å². The molecule has 0 spiro atoms. The summed E-state index contributed by atoms with van der Waals surface area (Å²) in [6.45, 7) is 1.98. The summed E-state index contributed by atoms with van der Waals surface area (Å²) in [6.07, 6.45) is 0. The van der Waals surface area contributed by atoms with Gasteiger partial charge in [-0.05, 0) is 42.8 Å². The first-order valence-electron chi connectivity index (χ1n) is 5.82. The van der Waals surface area contributed by atoms with Gasteiger partial charge >= 0.3 is 0 Å². The maximum absolute atomic E-state index is 13.1. The molecule has 0 aliphatic carbocycles. The van der Waals surface area contributed by atoms with Gasteiger partial charge in [-0.3, -0.25) is 0 Å². The average molecular weight is 319 g/mol. The van der Waals surface area contributed by atoms with Crippen molar-refractivity contribution in [2.75, 3.05) is 5.32 Å². The third-order valence-electron chi connectivity index (χ3n) is 2.80. The van der Waals surface area contributed by atoms with E-state index in [0.29, 0.717) is 5.56 Å². The van der Waals surface area contributed by atoms with Gasteiger partial charge in [-0.1, -0.05) is 28.1 Å². The molecule has 0 aromatic heterocycles. The number of hydrogen-bond donors (Lipinski definition) is 1. The van der Waals surface area contributed by atoms with Crippen LogP contribution in [0.3, 0.4) is 0 Å². The van der Waals surface area contributed by atoms with Crippen LogP contribution in [0.5, 0.6) is 0 Å². The van der Waals surface area contributed by atoms with E-state index in [9.17, 15) is 4.39 Å². The molecule has 0 saturated carbocycles. The molecule has 0 saturated heterocycles. The smallest absolute Gasteiger partial charge is 0.124 e. The first-order chi connectivity index (χ1) is 9.10. The van der Waals surface area contributed by atoms with Gasteiger partial charge in [0.25, 0.3) is 0 Å². The fourth-order valence-electron chi connectivity index (χ4n) is 1.86. The van der Waals surface area contributed by atoms with Crippen molar-refractivity contribution in [1.82, 2.24) is 0 Å². The number of nitriles is 1. The molecule has 2 rings (SSSR count). The molecule has 0 aliphatic heterocycles. The molecule has 1 unspecified atom stereocenters. The summed E-state index contributed by atoms with van der Waals surface area (Å²) in [6, 6.07) is 14.0. The summed E-state index contributed by atoms with van der Waals surface area (Å²) in [4.78, 5) is 0. The summed E-state index contributed by atoms with van der Waals surface area (Å²) < 4.78 is 13.8. The van der Waals surface area contributed by atoms with Crippen LogP contribution in [-0.4, -0.2) is 0 Å². The lowest BCUT2D eigenvalue weighted by molar-refractivity contribution is 0.625. The molecule has 1 atom stereocenters. The molecule has 1 N–H and O–H groups in total. The fraction of sp³-hybridized carbons (Fsp3) is 0.133. The van der Waals surface area contributed by atoms with Crippen LogP contribution in [-0.2, 0) is 0 Å². The molecule has 0 fully saturated rings. The Morgan fingerprint density at radius 3 is 2.74 bits per heavy atom. The predicted molar refractivity (Wildman–Crippen MR) is 77.3 cm³/mol. The van der Waals surface area contributed by atoms with Crippen LogP contribution < -0.4 is 5.32 Å². The third kappa shape index (κ3) is 3.33.